The number of benzene rings is 3. The first-order valence-electron chi connectivity index (χ1n) is 14.5. The lowest BCUT2D eigenvalue weighted by atomic mass is 10.0. The van der Waals surface area contributed by atoms with Crippen molar-refractivity contribution in [2.45, 2.75) is 13.5 Å². The van der Waals surface area contributed by atoms with E-state index >= 15 is 0 Å². The second kappa shape index (κ2) is 14.6. The lowest BCUT2D eigenvalue weighted by molar-refractivity contribution is -0.112. The maximum absolute atomic E-state index is 14.4. The monoisotopic (exact) mass is 702 g/mol. The highest BCUT2D eigenvalue weighted by Gasteiger charge is 2.24. The first-order chi connectivity index (χ1) is 23.5. The zero-order valence-corrected chi connectivity index (χ0v) is 28.0. The summed E-state index contributed by atoms with van der Waals surface area (Å²) >= 11 is 13.5. The van der Waals surface area contributed by atoms with Gasteiger partial charge in [-0.15, -0.1) is 0 Å². The summed E-state index contributed by atoms with van der Waals surface area (Å²) in [6.07, 6.45) is 3.71. The van der Waals surface area contributed by atoms with Crippen LogP contribution < -0.4 is 31.0 Å². The van der Waals surface area contributed by atoms with Crippen LogP contribution in [0.2, 0.25) is 10.0 Å². The van der Waals surface area contributed by atoms with Gasteiger partial charge in [0.1, 0.15) is 23.0 Å². The van der Waals surface area contributed by atoms with E-state index in [1.165, 1.54) is 37.1 Å². The van der Waals surface area contributed by atoms with Gasteiger partial charge in [-0.3, -0.25) is 19.0 Å². The SMILES string of the molecule is C=CC(=O)Nc1ccc(Cn2c(=O)c(-c3c(Cl)c(OC)cc(OC)c3Cl)cc3cnc(Nc4c(C)cc(F)cc4NC(=O)C=C)nc32)cc1. The molecule has 0 aliphatic carbocycles. The van der Waals surface area contributed by atoms with Crippen molar-refractivity contribution < 1.29 is 23.5 Å². The minimum Gasteiger partial charge on any atom is -0.495 e. The molecule has 2 heterocycles. The minimum absolute atomic E-state index is 0.0296. The van der Waals surface area contributed by atoms with Crippen LogP contribution in [-0.4, -0.2) is 40.6 Å². The van der Waals surface area contributed by atoms with E-state index in [0.717, 1.165) is 18.2 Å². The third kappa shape index (κ3) is 7.25. The Labute approximate surface area is 290 Å². The van der Waals surface area contributed by atoms with Crippen LogP contribution in [0, 0.1) is 12.7 Å². The molecule has 0 saturated carbocycles. The Morgan fingerprint density at radius 1 is 0.959 bits per heavy atom. The molecule has 0 atom stereocenters. The summed E-state index contributed by atoms with van der Waals surface area (Å²) in [5, 5.41) is 8.95. The summed E-state index contributed by atoms with van der Waals surface area (Å²) < 4.78 is 26.6. The van der Waals surface area contributed by atoms with Crippen molar-refractivity contribution in [3.8, 4) is 22.6 Å². The number of carbonyl (C=O) groups is 2. The molecular weight excluding hydrogens is 674 g/mol. The molecule has 250 valence electrons. The number of carbonyl (C=O) groups excluding carboxylic acids is 2. The average Bonchev–Trinajstić information content (AvgIpc) is 3.08. The number of hydrogen-bond acceptors (Lipinski definition) is 8. The highest BCUT2D eigenvalue weighted by Crippen LogP contribution is 2.45. The number of amides is 2. The predicted octanol–water partition coefficient (Wildman–Crippen LogP) is 7.27. The maximum Gasteiger partial charge on any atom is 0.260 e. The lowest BCUT2D eigenvalue weighted by Crippen LogP contribution is -2.24. The summed E-state index contributed by atoms with van der Waals surface area (Å²) in [5.41, 5.74) is 2.19. The van der Waals surface area contributed by atoms with Crippen molar-refractivity contribution in [2.24, 2.45) is 0 Å². The molecule has 0 radical (unpaired) electrons. The van der Waals surface area contributed by atoms with Gasteiger partial charge < -0.3 is 25.4 Å². The van der Waals surface area contributed by atoms with Gasteiger partial charge in [-0.25, -0.2) is 9.37 Å². The number of rotatable bonds is 11. The molecule has 0 fully saturated rings. The second-order valence-corrected chi connectivity index (χ2v) is 11.3. The van der Waals surface area contributed by atoms with Gasteiger partial charge in [0.25, 0.3) is 5.56 Å². The van der Waals surface area contributed by atoms with E-state index < -0.39 is 17.3 Å². The number of aromatic nitrogens is 3. The smallest absolute Gasteiger partial charge is 0.260 e. The number of fused-ring (bicyclic) bond motifs is 1. The quantitative estimate of drug-likeness (QED) is 0.122. The van der Waals surface area contributed by atoms with Gasteiger partial charge in [-0.2, -0.15) is 4.98 Å². The molecule has 5 rings (SSSR count). The molecule has 5 aromatic rings. The molecule has 0 aliphatic heterocycles. The van der Waals surface area contributed by atoms with Crippen molar-refractivity contribution in [1.82, 2.24) is 14.5 Å². The number of nitrogens with zero attached hydrogens (tertiary/aromatic N) is 3. The van der Waals surface area contributed by atoms with Crippen LogP contribution in [-0.2, 0) is 16.1 Å². The number of halogens is 3. The molecule has 0 bridgehead atoms. The van der Waals surface area contributed by atoms with Crippen molar-refractivity contribution in [2.75, 3.05) is 30.2 Å². The number of nitrogens with one attached hydrogen (secondary N) is 3. The second-order valence-electron chi connectivity index (χ2n) is 10.6. The minimum atomic E-state index is -0.565. The van der Waals surface area contributed by atoms with Crippen LogP contribution in [0.1, 0.15) is 11.1 Å². The fraction of sp³-hybridized carbons (Fsp3) is 0.114. The number of hydrogen-bond donors (Lipinski definition) is 3. The van der Waals surface area contributed by atoms with Crippen molar-refractivity contribution in [3.63, 3.8) is 0 Å². The van der Waals surface area contributed by atoms with Crippen LogP contribution >= 0.6 is 23.2 Å². The van der Waals surface area contributed by atoms with Gasteiger partial charge in [0, 0.05) is 28.9 Å². The topological polar surface area (TPSA) is 136 Å². The lowest BCUT2D eigenvalue weighted by Gasteiger charge is -2.18. The van der Waals surface area contributed by atoms with Crippen molar-refractivity contribution >= 4 is 69.1 Å². The zero-order chi connectivity index (χ0) is 35.4. The van der Waals surface area contributed by atoms with E-state index in [-0.39, 0.29) is 62.4 Å². The molecule has 0 unspecified atom stereocenters. The third-order valence-electron chi connectivity index (χ3n) is 7.40. The number of ether oxygens (including phenoxy) is 2. The molecule has 2 aromatic heterocycles. The Hall–Kier alpha value is -5.72. The van der Waals surface area contributed by atoms with Crippen LogP contribution in [0.4, 0.5) is 27.4 Å². The molecule has 3 N–H and O–H groups in total. The number of aryl methyl sites for hydroxylation is 1. The van der Waals surface area contributed by atoms with Crippen molar-refractivity contribution in [3.05, 3.63) is 117 Å². The summed E-state index contributed by atoms with van der Waals surface area (Å²) in [6, 6.07) is 12.4. The zero-order valence-electron chi connectivity index (χ0n) is 26.5. The van der Waals surface area contributed by atoms with Gasteiger partial charge in [0.05, 0.1) is 47.7 Å². The highest BCUT2D eigenvalue weighted by atomic mass is 35.5. The summed E-state index contributed by atoms with van der Waals surface area (Å²) in [5.74, 6) is -0.943. The third-order valence-corrected chi connectivity index (χ3v) is 8.15. The number of pyridine rings is 1. The van der Waals surface area contributed by atoms with E-state index in [1.807, 2.05) is 0 Å². The maximum atomic E-state index is 14.4. The largest absolute Gasteiger partial charge is 0.495 e. The molecule has 0 saturated heterocycles. The van der Waals surface area contributed by atoms with E-state index in [0.29, 0.717) is 27.9 Å². The first kappa shape index (κ1) is 34.6. The molecule has 14 heteroatoms. The van der Waals surface area contributed by atoms with Crippen LogP contribution in [0.25, 0.3) is 22.2 Å². The molecule has 11 nitrogen and oxygen atoms in total. The van der Waals surface area contributed by atoms with Gasteiger partial charge in [-0.05, 0) is 60.5 Å². The van der Waals surface area contributed by atoms with Crippen LogP contribution in [0.15, 0.2) is 84.8 Å². The Balaban J connectivity index is 1.70. The van der Waals surface area contributed by atoms with Gasteiger partial charge >= 0.3 is 0 Å². The van der Waals surface area contributed by atoms with Crippen molar-refractivity contribution in [1.29, 1.82) is 0 Å². The van der Waals surface area contributed by atoms with Gasteiger partial charge in [0.15, 0.2) is 0 Å². The molecular formula is C35H29Cl2FN6O5. The summed E-state index contributed by atoms with van der Waals surface area (Å²) in [7, 11) is 2.86. The van der Waals surface area contributed by atoms with Gasteiger partial charge in [0.2, 0.25) is 17.8 Å². The molecule has 2 amide bonds. The highest BCUT2D eigenvalue weighted by molar-refractivity contribution is 6.41. The summed E-state index contributed by atoms with van der Waals surface area (Å²) in [4.78, 5) is 47.4. The van der Waals surface area contributed by atoms with Crippen LogP contribution in [0.5, 0.6) is 11.5 Å². The van der Waals surface area contributed by atoms with Gasteiger partial charge in [-0.1, -0.05) is 48.5 Å². The fourth-order valence-electron chi connectivity index (χ4n) is 5.04. The number of anilines is 4. The van der Waals surface area contributed by atoms with E-state index in [1.54, 1.807) is 37.3 Å². The van der Waals surface area contributed by atoms with Crippen LogP contribution in [0.3, 0.4) is 0 Å². The fourth-order valence-corrected chi connectivity index (χ4v) is 5.74. The Bertz CT molecular complexity index is 2180. The van der Waals surface area contributed by atoms with E-state index in [9.17, 15) is 18.8 Å². The standard InChI is InChI=1S/C35H29Cl2FN6O5/c1-6-27(45)40-22-10-8-19(9-11-22)17-44-33-20(13-23(34(44)47)29-30(36)25(48-4)15-26(49-5)31(29)37)16-39-35(43-33)42-32-18(3)12-21(38)14-24(32)41-28(46)7-2/h6-16H,1-2,17H2,3-5H3,(H,40,45)(H,41,46)(H,39,42,43). The predicted molar refractivity (Wildman–Crippen MR) is 190 cm³/mol. The average molecular weight is 704 g/mol. The van der Waals surface area contributed by atoms with E-state index in [4.69, 9.17) is 32.7 Å². The molecule has 3 aromatic carbocycles. The molecule has 0 spiro atoms. The summed E-state index contributed by atoms with van der Waals surface area (Å²) in [6.45, 7) is 8.58. The Morgan fingerprint density at radius 2 is 1.59 bits per heavy atom. The Kier molecular flexibility index (Phi) is 10.3. The Morgan fingerprint density at radius 3 is 2.20 bits per heavy atom. The van der Waals surface area contributed by atoms with E-state index in [2.05, 4.69) is 39.1 Å². The molecule has 0 aliphatic rings. The molecule has 49 heavy (non-hydrogen) atoms. The first-order valence-corrected chi connectivity index (χ1v) is 15.3. The normalized spacial score (nSPS) is 10.7. The number of methoxy groups -OCH3 is 2.